The molecule has 1 unspecified atom stereocenters. The monoisotopic (exact) mass is 241 g/mol. The minimum atomic E-state index is 0.323. The van der Waals surface area contributed by atoms with Crippen LogP contribution in [-0.2, 0) is 0 Å². The summed E-state index contributed by atoms with van der Waals surface area (Å²) in [6.07, 6.45) is 2.32. The predicted molar refractivity (Wildman–Crippen MR) is 65.6 cm³/mol. The van der Waals surface area contributed by atoms with Crippen molar-refractivity contribution in [2.75, 3.05) is 31.2 Å². The third-order valence-electron chi connectivity index (χ3n) is 2.76. The first-order chi connectivity index (χ1) is 7.65. The molecule has 0 radical (unpaired) electrons. The highest BCUT2D eigenvalue weighted by Crippen LogP contribution is 2.20. The summed E-state index contributed by atoms with van der Waals surface area (Å²) in [7, 11) is 2.12. The number of hydrogen-bond acceptors (Lipinski definition) is 5. The molecule has 2 rings (SSSR count). The van der Waals surface area contributed by atoms with E-state index in [0.717, 1.165) is 19.5 Å². The first-order valence-corrected chi connectivity index (χ1v) is 5.77. The fraction of sp³-hybridized carbons (Fsp3) is 0.600. The quantitative estimate of drug-likeness (QED) is 0.815. The summed E-state index contributed by atoms with van der Waals surface area (Å²) in [6.45, 7) is 2.16. The molecule has 88 valence electrons. The highest BCUT2D eigenvalue weighted by Gasteiger charge is 2.18. The van der Waals surface area contributed by atoms with Crippen LogP contribution in [0.25, 0.3) is 0 Å². The molecule has 5 nitrogen and oxygen atoms in total. The van der Waals surface area contributed by atoms with Gasteiger partial charge in [-0.05, 0) is 26.4 Å². The van der Waals surface area contributed by atoms with Gasteiger partial charge in [-0.3, -0.25) is 0 Å². The fourth-order valence-corrected chi connectivity index (χ4v) is 2.13. The van der Waals surface area contributed by atoms with Crippen LogP contribution in [0.4, 0.5) is 11.5 Å². The molecule has 0 amide bonds. The Morgan fingerprint density at radius 1 is 1.56 bits per heavy atom. The molecule has 0 spiro atoms. The zero-order chi connectivity index (χ0) is 11.5. The molecule has 1 aromatic heterocycles. The Balaban J connectivity index is 2.02. The Morgan fingerprint density at radius 3 is 3.06 bits per heavy atom. The summed E-state index contributed by atoms with van der Waals surface area (Å²) in [6, 6.07) is 2.00. The molecule has 0 aliphatic carbocycles. The van der Waals surface area contributed by atoms with E-state index >= 15 is 0 Å². The minimum absolute atomic E-state index is 0.323. The number of nitrogens with one attached hydrogen (secondary N) is 1. The van der Waals surface area contributed by atoms with Crippen LogP contribution in [0.15, 0.2) is 6.07 Å². The van der Waals surface area contributed by atoms with Crippen LogP contribution < -0.4 is 11.1 Å². The van der Waals surface area contributed by atoms with Crippen LogP contribution in [0, 0.1) is 0 Å². The van der Waals surface area contributed by atoms with E-state index in [-0.39, 0.29) is 0 Å². The number of likely N-dealkylation sites (tertiary alicyclic amines) is 1. The lowest BCUT2D eigenvalue weighted by Gasteiger charge is -2.30. The molecular weight excluding hydrogens is 226 g/mol. The number of nitrogen functional groups attached to an aromatic ring is 1. The van der Waals surface area contributed by atoms with Crippen molar-refractivity contribution in [2.24, 2.45) is 0 Å². The number of rotatable bonds is 2. The third-order valence-corrected chi connectivity index (χ3v) is 2.94. The summed E-state index contributed by atoms with van der Waals surface area (Å²) in [5.74, 6) is 0.629. The summed E-state index contributed by atoms with van der Waals surface area (Å²) in [5.41, 5.74) is 6.36. The van der Waals surface area contributed by atoms with Gasteiger partial charge >= 0.3 is 0 Å². The zero-order valence-electron chi connectivity index (χ0n) is 9.28. The smallest absolute Gasteiger partial charge is 0.172 e. The van der Waals surface area contributed by atoms with E-state index in [2.05, 4.69) is 27.5 Å². The molecule has 2 heterocycles. The lowest BCUT2D eigenvalue weighted by atomic mass is 10.1. The third kappa shape index (κ3) is 2.74. The van der Waals surface area contributed by atoms with E-state index < -0.39 is 0 Å². The van der Waals surface area contributed by atoms with Crippen molar-refractivity contribution in [3.8, 4) is 0 Å². The molecule has 1 aromatic rings. The molecule has 1 saturated heterocycles. The molecular formula is C10H16ClN5. The van der Waals surface area contributed by atoms with Crippen LogP contribution in [0.3, 0.4) is 0 Å². The van der Waals surface area contributed by atoms with E-state index in [1.165, 1.54) is 6.42 Å². The molecule has 6 heteroatoms. The predicted octanol–water partition coefficient (Wildman–Crippen LogP) is 1.22. The van der Waals surface area contributed by atoms with Crippen molar-refractivity contribution in [2.45, 2.75) is 18.9 Å². The Morgan fingerprint density at radius 2 is 2.38 bits per heavy atom. The second kappa shape index (κ2) is 4.84. The lowest BCUT2D eigenvalue weighted by Crippen LogP contribution is -2.40. The van der Waals surface area contributed by atoms with Gasteiger partial charge in [-0.15, -0.1) is 10.2 Å². The van der Waals surface area contributed by atoms with E-state index in [0.29, 0.717) is 22.7 Å². The van der Waals surface area contributed by atoms with Crippen molar-refractivity contribution in [1.29, 1.82) is 0 Å². The van der Waals surface area contributed by atoms with E-state index in [4.69, 9.17) is 17.3 Å². The van der Waals surface area contributed by atoms with E-state index in [1.807, 2.05) is 0 Å². The summed E-state index contributed by atoms with van der Waals surface area (Å²) >= 11 is 5.69. The number of anilines is 2. The second-order valence-corrected chi connectivity index (χ2v) is 4.60. The molecule has 1 aliphatic rings. The number of halogens is 1. The van der Waals surface area contributed by atoms with Crippen molar-refractivity contribution in [3.05, 3.63) is 11.2 Å². The molecule has 0 aromatic carbocycles. The van der Waals surface area contributed by atoms with Crippen molar-refractivity contribution >= 4 is 23.1 Å². The number of hydrogen-bond donors (Lipinski definition) is 2. The van der Waals surface area contributed by atoms with Crippen LogP contribution in [0.2, 0.25) is 5.15 Å². The van der Waals surface area contributed by atoms with E-state index in [1.54, 1.807) is 6.07 Å². The van der Waals surface area contributed by atoms with Gasteiger partial charge in [-0.25, -0.2) is 0 Å². The molecule has 1 atom stereocenters. The number of nitrogens with zero attached hydrogens (tertiary/aromatic N) is 3. The topological polar surface area (TPSA) is 67.1 Å². The van der Waals surface area contributed by atoms with Crippen molar-refractivity contribution in [1.82, 2.24) is 15.1 Å². The van der Waals surface area contributed by atoms with E-state index in [9.17, 15) is 0 Å². The maximum Gasteiger partial charge on any atom is 0.172 e. The fourth-order valence-electron chi connectivity index (χ4n) is 1.97. The largest absolute Gasteiger partial charge is 0.396 e. The molecule has 1 aliphatic heterocycles. The average molecular weight is 242 g/mol. The Labute approximate surface area is 100.0 Å². The van der Waals surface area contributed by atoms with Gasteiger partial charge in [0.05, 0.1) is 5.69 Å². The summed E-state index contributed by atoms with van der Waals surface area (Å²) < 4.78 is 0. The number of likely N-dealkylation sites (N-methyl/N-ethyl adjacent to an activating group) is 1. The van der Waals surface area contributed by atoms with Gasteiger partial charge in [0.25, 0.3) is 0 Å². The molecule has 3 N–H and O–H groups in total. The molecule has 1 fully saturated rings. The minimum Gasteiger partial charge on any atom is -0.396 e. The molecule has 0 saturated carbocycles. The number of aromatic nitrogens is 2. The average Bonchev–Trinajstić information content (AvgIpc) is 2.22. The van der Waals surface area contributed by atoms with Gasteiger partial charge in [0.15, 0.2) is 11.0 Å². The SMILES string of the molecule is CN1CCCC(Nc2nnc(Cl)cc2N)C1. The normalized spacial score (nSPS) is 22.0. The maximum absolute atomic E-state index is 5.81. The number of nitrogens with two attached hydrogens (primary N) is 1. The van der Waals surface area contributed by atoms with Crippen molar-refractivity contribution in [3.63, 3.8) is 0 Å². The van der Waals surface area contributed by atoms with Crippen LogP contribution in [-0.4, -0.2) is 41.3 Å². The van der Waals surface area contributed by atoms with Crippen LogP contribution in [0.1, 0.15) is 12.8 Å². The molecule has 0 bridgehead atoms. The zero-order valence-corrected chi connectivity index (χ0v) is 10.0. The van der Waals surface area contributed by atoms with Gasteiger partial charge in [0.2, 0.25) is 0 Å². The Bertz CT molecular complexity index is 370. The number of piperidine rings is 1. The Kier molecular flexibility index (Phi) is 3.46. The first-order valence-electron chi connectivity index (χ1n) is 5.39. The van der Waals surface area contributed by atoms with Crippen LogP contribution in [0.5, 0.6) is 0 Å². The highest BCUT2D eigenvalue weighted by atomic mass is 35.5. The molecule has 16 heavy (non-hydrogen) atoms. The summed E-state index contributed by atoms with van der Waals surface area (Å²) in [5, 5.41) is 11.4. The van der Waals surface area contributed by atoms with Gasteiger partial charge in [-0.1, -0.05) is 11.6 Å². The van der Waals surface area contributed by atoms with Gasteiger partial charge < -0.3 is 16.0 Å². The second-order valence-electron chi connectivity index (χ2n) is 4.22. The highest BCUT2D eigenvalue weighted by molar-refractivity contribution is 6.29. The Hall–Kier alpha value is -1.07. The standard InChI is InChI=1S/C10H16ClN5/c1-16-4-2-3-7(6-16)13-10-8(12)5-9(11)14-15-10/h5,7H,2-4,6H2,1H3,(H2,12,14)(H,13,15). The van der Waals surface area contributed by atoms with Crippen molar-refractivity contribution < 1.29 is 0 Å². The first kappa shape index (κ1) is 11.4. The maximum atomic E-state index is 5.81. The van der Waals surface area contributed by atoms with Crippen LogP contribution >= 0.6 is 11.6 Å². The van der Waals surface area contributed by atoms with Gasteiger partial charge in [0, 0.05) is 18.7 Å². The van der Waals surface area contributed by atoms with Gasteiger partial charge in [-0.2, -0.15) is 0 Å². The lowest BCUT2D eigenvalue weighted by molar-refractivity contribution is 0.260. The summed E-state index contributed by atoms with van der Waals surface area (Å²) in [4.78, 5) is 2.29. The van der Waals surface area contributed by atoms with Gasteiger partial charge in [0.1, 0.15) is 0 Å².